The number of alkyl halides is 4. The van der Waals surface area contributed by atoms with Gasteiger partial charge in [0.1, 0.15) is 0 Å². The first-order valence-corrected chi connectivity index (χ1v) is 3.25. The van der Waals surface area contributed by atoms with Crippen LogP contribution in [0.1, 0.15) is 5.69 Å². The molecule has 0 atom stereocenters. The van der Waals surface area contributed by atoms with Gasteiger partial charge in [-0.3, -0.25) is 0 Å². The second-order valence-electron chi connectivity index (χ2n) is 1.84. The van der Waals surface area contributed by atoms with Gasteiger partial charge in [0.2, 0.25) is 0 Å². The molecule has 0 spiro atoms. The Morgan fingerprint density at radius 1 is 1.55 bits per heavy atom. The maximum Gasteiger partial charge on any atom is 0.504 e. The molecule has 62 valence electrons. The van der Waals surface area contributed by atoms with Crippen molar-refractivity contribution in [3.05, 3.63) is 18.0 Å². The SMILES string of the molecule is FC(F)(F)n1nccc1CCl. The van der Waals surface area contributed by atoms with E-state index in [9.17, 15) is 13.2 Å². The van der Waals surface area contributed by atoms with Crippen LogP contribution in [0.15, 0.2) is 12.3 Å². The van der Waals surface area contributed by atoms with E-state index in [1.54, 1.807) is 0 Å². The Bertz CT molecular complexity index is 242. The van der Waals surface area contributed by atoms with E-state index >= 15 is 0 Å². The molecule has 0 saturated carbocycles. The van der Waals surface area contributed by atoms with Crippen molar-refractivity contribution < 1.29 is 13.2 Å². The predicted molar refractivity (Wildman–Crippen MR) is 33.1 cm³/mol. The van der Waals surface area contributed by atoms with Gasteiger partial charge in [-0.25, -0.2) is 0 Å². The highest BCUT2D eigenvalue weighted by Crippen LogP contribution is 2.23. The van der Waals surface area contributed by atoms with Gasteiger partial charge in [0.25, 0.3) is 0 Å². The number of nitrogens with zero attached hydrogens (tertiary/aromatic N) is 2. The molecule has 0 aliphatic heterocycles. The van der Waals surface area contributed by atoms with E-state index in [-0.39, 0.29) is 16.3 Å². The fourth-order valence-corrected chi connectivity index (χ4v) is 0.863. The van der Waals surface area contributed by atoms with Crippen LogP contribution in [0, 0.1) is 0 Å². The Kier molecular flexibility index (Phi) is 2.08. The average Bonchev–Trinajstić information content (AvgIpc) is 2.31. The number of hydrogen-bond acceptors (Lipinski definition) is 1. The zero-order valence-corrected chi connectivity index (χ0v) is 6.02. The molecule has 0 aliphatic carbocycles. The lowest BCUT2D eigenvalue weighted by Crippen LogP contribution is -2.20. The van der Waals surface area contributed by atoms with Crippen molar-refractivity contribution in [3.63, 3.8) is 0 Å². The highest BCUT2D eigenvalue weighted by Gasteiger charge is 2.33. The summed E-state index contributed by atoms with van der Waals surface area (Å²) in [4.78, 5) is 0. The lowest BCUT2D eigenvalue weighted by atomic mass is 10.5. The molecule has 0 saturated heterocycles. The molecule has 0 aliphatic rings. The summed E-state index contributed by atoms with van der Waals surface area (Å²) in [5.41, 5.74) is -0.0563. The summed E-state index contributed by atoms with van der Waals surface area (Å²) in [5.74, 6) is -0.195. The summed E-state index contributed by atoms with van der Waals surface area (Å²) in [6.45, 7) is 0. The van der Waals surface area contributed by atoms with Crippen molar-refractivity contribution in [1.29, 1.82) is 0 Å². The van der Waals surface area contributed by atoms with Crippen molar-refractivity contribution in [1.82, 2.24) is 9.78 Å². The fourth-order valence-electron chi connectivity index (χ4n) is 0.660. The maximum absolute atomic E-state index is 11.9. The third kappa shape index (κ3) is 1.65. The molecule has 1 aromatic rings. The summed E-state index contributed by atoms with van der Waals surface area (Å²) >= 11 is 5.22. The normalized spacial score (nSPS) is 12.0. The topological polar surface area (TPSA) is 17.8 Å². The molecule has 6 heteroatoms. The molecular formula is C5H4ClF3N2. The van der Waals surface area contributed by atoms with E-state index in [1.165, 1.54) is 6.07 Å². The molecule has 0 N–H and O–H groups in total. The molecule has 11 heavy (non-hydrogen) atoms. The Hall–Kier alpha value is -0.710. The minimum Gasteiger partial charge on any atom is -0.175 e. The van der Waals surface area contributed by atoms with Crippen LogP contribution in [-0.4, -0.2) is 9.78 Å². The summed E-state index contributed by atoms with van der Waals surface area (Å²) in [6, 6.07) is 1.22. The van der Waals surface area contributed by atoms with Gasteiger partial charge in [0.15, 0.2) is 0 Å². The standard InChI is InChI=1S/C5H4ClF3N2/c6-3-4-1-2-10-11(4)5(7,8)9/h1-2H,3H2. The monoisotopic (exact) mass is 184 g/mol. The van der Waals surface area contributed by atoms with Crippen LogP contribution in [0.4, 0.5) is 13.2 Å². The third-order valence-electron chi connectivity index (χ3n) is 1.10. The Morgan fingerprint density at radius 2 is 2.18 bits per heavy atom. The van der Waals surface area contributed by atoms with E-state index < -0.39 is 6.30 Å². The van der Waals surface area contributed by atoms with E-state index in [4.69, 9.17) is 11.6 Å². The zero-order chi connectivity index (χ0) is 8.48. The van der Waals surface area contributed by atoms with E-state index in [2.05, 4.69) is 5.10 Å². The van der Waals surface area contributed by atoms with Crippen molar-refractivity contribution in [3.8, 4) is 0 Å². The molecule has 0 fully saturated rings. The van der Waals surface area contributed by atoms with Gasteiger partial charge in [-0.15, -0.1) is 24.8 Å². The van der Waals surface area contributed by atoms with Gasteiger partial charge in [0, 0.05) is 6.20 Å². The molecule has 1 rings (SSSR count). The first kappa shape index (κ1) is 8.39. The summed E-state index contributed by atoms with van der Waals surface area (Å²) in [5, 5.41) is 3.07. The molecule has 0 aromatic carbocycles. The molecule has 0 radical (unpaired) electrons. The van der Waals surface area contributed by atoms with Gasteiger partial charge < -0.3 is 0 Å². The van der Waals surface area contributed by atoms with Crippen molar-refractivity contribution in [2.45, 2.75) is 12.2 Å². The van der Waals surface area contributed by atoms with Crippen molar-refractivity contribution >= 4 is 11.6 Å². The largest absolute Gasteiger partial charge is 0.504 e. The first-order chi connectivity index (χ1) is 5.05. The van der Waals surface area contributed by atoms with Crippen LogP contribution >= 0.6 is 11.6 Å². The molecular weight excluding hydrogens is 181 g/mol. The number of rotatable bonds is 1. The van der Waals surface area contributed by atoms with E-state index in [1.807, 2.05) is 0 Å². The average molecular weight is 185 g/mol. The van der Waals surface area contributed by atoms with Crippen molar-refractivity contribution in [2.75, 3.05) is 0 Å². The Morgan fingerprint density at radius 3 is 2.55 bits per heavy atom. The van der Waals surface area contributed by atoms with Crippen LogP contribution in [0.25, 0.3) is 0 Å². The van der Waals surface area contributed by atoms with Crippen LogP contribution in [0.2, 0.25) is 0 Å². The summed E-state index contributed by atoms with van der Waals surface area (Å²) in [6.07, 6.45) is -3.40. The molecule has 1 heterocycles. The van der Waals surface area contributed by atoms with Crippen LogP contribution in [0.5, 0.6) is 0 Å². The lowest BCUT2D eigenvalue weighted by Gasteiger charge is -2.07. The quantitative estimate of drug-likeness (QED) is 0.611. The molecule has 0 bridgehead atoms. The molecule has 0 amide bonds. The Labute approximate surface area is 65.6 Å². The number of aromatic nitrogens is 2. The van der Waals surface area contributed by atoms with Gasteiger partial charge in [-0.05, 0) is 6.07 Å². The van der Waals surface area contributed by atoms with Crippen LogP contribution in [0.3, 0.4) is 0 Å². The van der Waals surface area contributed by atoms with E-state index in [0.29, 0.717) is 0 Å². The maximum atomic E-state index is 11.9. The van der Waals surface area contributed by atoms with Gasteiger partial charge in [0.05, 0.1) is 11.6 Å². The fraction of sp³-hybridized carbons (Fsp3) is 0.400. The minimum absolute atomic E-state index is 0.0556. The summed E-state index contributed by atoms with van der Waals surface area (Å²) in [7, 11) is 0. The highest BCUT2D eigenvalue weighted by atomic mass is 35.5. The smallest absolute Gasteiger partial charge is 0.175 e. The molecule has 2 nitrogen and oxygen atoms in total. The van der Waals surface area contributed by atoms with E-state index in [0.717, 1.165) is 6.20 Å². The number of hydrogen-bond donors (Lipinski definition) is 0. The Balaban J connectivity index is 3.02. The second-order valence-corrected chi connectivity index (χ2v) is 2.10. The lowest BCUT2D eigenvalue weighted by molar-refractivity contribution is -0.213. The van der Waals surface area contributed by atoms with Gasteiger partial charge >= 0.3 is 6.30 Å². The first-order valence-electron chi connectivity index (χ1n) is 2.72. The number of halogens is 4. The van der Waals surface area contributed by atoms with Crippen molar-refractivity contribution in [2.24, 2.45) is 0 Å². The van der Waals surface area contributed by atoms with Gasteiger partial charge in [-0.1, -0.05) is 0 Å². The van der Waals surface area contributed by atoms with Gasteiger partial charge in [-0.2, -0.15) is 9.78 Å². The molecule has 1 aromatic heterocycles. The summed E-state index contributed by atoms with van der Waals surface area (Å²) < 4.78 is 35.7. The zero-order valence-electron chi connectivity index (χ0n) is 5.27. The second kappa shape index (κ2) is 2.73. The third-order valence-corrected chi connectivity index (χ3v) is 1.37. The predicted octanol–water partition coefficient (Wildman–Crippen LogP) is 2.10. The highest BCUT2D eigenvalue weighted by molar-refractivity contribution is 6.16. The molecule has 0 unspecified atom stereocenters. The van der Waals surface area contributed by atoms with Crippen LogP contribution in [-0.2, 0) is 12.2 Å². The minimum atomic E-state index is -4.46. The van der Waals surface area contributed by atoms with Crippen LogP contribution < -0.4 is 0 Å².